The van der Waals surface area contributed by atoms with E-state index >= 15 is 0 Å². The van der Waals surface area contributed by atoms with Gasteiger partial charge >= 0.3 is 0 Å². The number of fused-ring (bicyclic) bond motifs is 7. The van der Waals surface area contributed by atoms with Crippen LogP contribution in [-0.4, -0.2) is 9.97 Å². The molecule has 1 aliphatic carbocycles. The van der Waals surface area contributed by atoms with Gasteiger partial charge in [0.1, 0.15) is 0 Å². The lowest BCUT2D eigenvalue weighted by atomic mass is 9.81. The van der Waals surface area contributed by atoms with Crippen LogP contribution < -0.4 is 0 Å². The van der Waals surface area contributed by atoms with E-state index in [1.54, 1.807) is 0 Å². The number of benzene rings is 9. The van der Waals surface area contributed by atoms with Crippen LogP contribution in [-0.2, 0) is 5.41 Å². The SMILES string of the molecule is CC1(C)c2cccc(-c3ccc(-c4ccc(-c5nc(-c6ccccc6)cc(-c6cccc7ccccc67)n5)c5ccccc45)cc3)c2-c2c1ccc1ccccc21. The second-order valence-electron chi connectivity index (χ2n) is 15.7. The van der Waals surface area contributed by atoms with Gasteiger partial charge in [-0.2, -0.15) is 0 Å². The Hall–Kier alpha value is -7.16. The molecule has 1 aliphatic rings. The molecule has 1 aromatic heterocycles. The van der Waals surface area contributed by atoms with Crippen molar-refractivity contribution in [2.45, 2.75) is 19.3 Å². The van der Waals surface area contributed by atoms with E-state index in [4.69, 9.17) is 9.97 Å². The summed E-state index contributed by atoms with van der Waals surface area (Å²) in [5.41, 5.74) is 15.3. The zero-order valence-corrected chi connectivity index (χ0v) is 31.9. The van der Waals surface area contributed by atoms with Gasteiger partial charge in [-0.25, -0.2) is 9.97 Å². The fourth-order valence-corrected chi connectivity index (χ4v) is 9.28. The average Bonchev–Trinajstić information content (AvgIpc) is 3.52. The minimum Gasteiger partial charge on any atom is -0.228 e. The molecule has 0 aliphatic heterocycles. The Labute approximate surface area is 332 Å². The van der Waals surface area contributed by atoms with Gasteiger partial charge in [-0.1, -0.05) is 196 Å². The molecule has 0 atom stereocenters. The minimum atomic E-state index is -0.0781. The predicted octanol–water partition coefficient (Wildman–Crippen LogP) is 14.6. The van der Waals surface area contributed by atoms with E-state index in [2.05, 4.69) is 202 Å². The first-order chi connectivity index (χ1) is 28.0. The minimum absolute atomic E-state index is 0.0781. The number of hydrogen-bond acceptors (Lipinski definition) is 2. The van der Waals surface area contributed by atoms with Crippen molar-refractivity contribution >= 4 is 32.3 Å². The smallest absolute Gasteiger partial charge is 0.161 e. The molecule has 9 aromatic carbocycles. The summed E-state index contributed by atoms with van der Waals surface area (Å²) in [5, 5.41) is 7.26. The highest BCUT2D eigenvalue weighted by Crippen LogP contribution is 2.54. The lowest BCUT2D eigenvalue weighted by Crippen LogP contribution is -2.14. The van der Waals surface area contributed by atoms with Crippen molar-refractivity contribution < 1.29 is 0 Å². The van der Waals surface area contributed by atoms with Crippen LogP contribution >= 0.6 is 0 Å². The molecule has 0 unspecified atom stereocenters. The summed E-state index contributed by atoms with van der Waals surface area (Å²) in [6.45, 7) is 4.73. The first-order valence-electron chi connectivity index (χ1n) is 19.7. The molecule has 1 heterocycles. The predicted molar refractivity (Wildman–Crippen MR) is 239 cm³/mol. The van der Waals surface area contributed by atoms with Gasteiger partial charge in [0.25, 0.3) is 0 Å². The van der Waals surface area contributed by atoms with Crippen LogP contribution in [0.25, 0.3) is 99.6 Å². The van der Waals surface area contributed by atoms with Gasteiger partial charge < -0.3 is 0 Å². The molecule has 0 fully saturated rings. The maximum absolute atomic E-state index is 5.31. The fraction of sp³-hybridized carbons (Fsp3) is 0.0545. The van der Waals surface area contributed by atoms with Crippen molar-refractivity contribution in [1.29, 1.82) is 0 Å². The van der Waals surface area contributed by atoms with Crippen LogP contribution in [0.2, 0.25) is 0 Å². The summed E-state index contributed by atoms with van der Waals surface area (Å²) in [6, 6.07) is 70.1. The number of rotatable bonds is 5. The maximum Gasteiger partial charge on any atom is 0.161 e. The molecule has 0 radical (unpaired) electrons. The summed E-state index contributed by atoms with van der Waals surface area (Å²) in [4.78, 5) is 10.5. The maximum atomic E-state index is 5.31. The van der Waals surface area contributed by atoms with Crippen LogP contribution in [0.3, 0.4) is 0 Å². The van der Waals surface area contributed by atoms with Crippen molar-refractivity contribution in [1.82, 2.24) is 9.97 Å². The lowest BCUT2D eigenvalue weighted by Gasteiger charge is -2.21. The Kier molecular flexibility index (Phi) is 7.55. The van der Waals surface area contributed by atoms with Gasteiger partial charge in [0.05, 0.1) is 11.4 Å². The van der Waals surface area contributed by atoms with Crippen molar-refractivity contribution in [2.75, 3.05) is 0 Å². The molecule has 0 spiro atoms. The fourth-order valence-electron chi connectivity index (χ4n) is 9.28. The molecular weight excluding hydrogens is 689 g/mol. The average molecular weight is 727 g/mol. The summed E-state index contributed by atoms with van der Waals surface area (Å²) < 4.78 is 0. The zero-order valence-electron chi connectivity index (χ0n) is 31.9. The standard InChI is InChI=1S/C55H38N2/c1-55(2)48-25-13-23-43(52(48)53-42-20-9-7-15-36(42)30-33-49(53)55)38-28-26-37(27-29-38)41-31-32-47(45-22-11-10-21-44(41)45)54-56-50(39-16-4-3-5-17-39)34-51(57-54)46-24-12-18-35-14-6-8-19-40(35)46/h3-34H,1-2H3. The molecule has 0 N–H and O–H groups in total. The van der Waals surface area contributed by atoms with Gasteiger partial charge in [0.15, 0.2) is 5.82 Å². The van der Waals surface area contributed by atoms with Crippen LogP contribution in [0.15, 0.2) is 194 Å². The van der Waals surface area contributed by atoms with Crippen molar-refractivity contribution in [3.05, 3.63) is 205 Å². The van der Waals surface area contributed by atoms with Crippen molar-refractivity contribution in [3.63, 3.8) is 0 Å². The summed E-state index contributed by atoms with van der Waals surface area (Å²) in [7, 11) is 0. The number of nitrogens with zero attached hydrogens (tertiary/aromatic N) is 2. The second-order valence-corrected chi connectivity index (χ2v) is 15.7. The van der Waals surface area contributed by atoms with E-state index in [0.717, 1.165) is 33.5 Å². The third-order valence-corrected chi connectivity index (χ3v) is 12.1. The van der Waals surface area contributed by atoms with Gasteiger partial charge in [-0.3, -0.25) is 0 Å². The molecule has 57 heavy (non-hydrogen) atoms. The van der Waals surface area contributed by atoms with Gasteiger partial charge in [-0.05, 0) is 89.0 Å². The Morgan fingerprint density at radius 3 is 1.65 bits per heavy atom. The first kappa shape index (κ1) is 33.2. The third kappa shape index (κ3) is 5.33. The van der Waals surface area contributed by atoms with Crippen molar-refractivity contribution in [3.8, 4) is 67.3 Å². The van der Waals surface area contributed by atoms with Gasteiger partial charge in [0.2, 0.25) is 0 Å². The van der Waals surface area contributed by atoms with Crippen LogP contribution in [0.4, 0.5) is 0 Å². The van der Waals surface area contributed by atoms with E-state index in [-0.39, 0.29) is 5.41 Å². The normalized spacial score (nSPS) is 12.9. The van der Waals surface area contributed by atoms with E-state index in [1.807, 2.05) is 6.07 Å². The molecule has 2 nitrogen and oxygen atoms in total. The molecule has 0 bridgehead atoms. The Morgan fingerprint density at radius 1 is 0.333 bits per heavy atom. The van der Waals surface area contributed by atoms with Crippen LogP contribution in [0.5, 0.6) is 0 Å². The highest BCUT2D eigenvalue weighted by molar-refractivity contribution is 6.07. The quantitative estimate of drug-likeness (QED) is 0.176. The zero-order chi connectivity index (χ0) is 38.1. The molecule has 0 saturated heterocycles. The topological polar surface area (TPSA) is 25.8 Å². The van der Waals surface area contributed by atoms with Crippen LogP contribution in [0, 0.1) is 0 Å². The third-order valence-electron chi connectivity index (χ3n) is 12.1. The van der Waals surface area contributed by atoms with E-state index in [1.165, 1.54) is 71.4 Å². The largest absolute Gasteiger partial charge is 0.228 e. The van der Waals surface area contributed by atoms with Gasteiger partial charge in [-0.15, -0.1) is 0 Å². The number of hydrogen-bond donors (Lipinski definition) is 0. The van der Waals surface area contributed by atoms with E-state index < -0.39 is 0 Å². The van der Waals surface area contributed by atoms with Crippen LogP contribution in [0.1, 0.15) is 25.0 Å². The Balaban J connectivity index is 1.03. The lowest BCUT2D eigenvalue weighted by molar-refractivity contribution is 0.661. The second kappa shape index (κ2) is 13.0. The highest BCUT2D eigenvalue weighted by atomic mass is 14.9. The molecule has 10 aromatic rings. The Bertz CT molecular complexity index is 3190. The van der Waals surface area contributed by atoms with Crippen molar-refractivity contribution in [2.24, 2.45) is 0 Å². The Morgan fingerprint density at radius 2 is 0.877 bits per heavy atom. The molecule has 11 rings (SSSR count). The molecular formula is C55H38N2. The number of aromatic nitrogens is 2. The monoisotopic (exact) mass is 726 g/mol. The van der Waals surface area contributed by atoms with Gasteiger partial charge in [0, 0.05) is 22.1 Å². The van der Waals surface area contributed by atoms with E-state index in [0.29, 0.717) is 5.82 Å². The first-order valence-corrected chi connectivity index (χ1v) is 19.7. The summed E-state index contributed by atoms with van der Waals surface area (Å²) in [5.74, 6) is 0.714. The highest BCUT2D eigenvalue weighted by Gasteiger charge is 2.37. The molecule has 2 heteroatoms. The summed E-state index contributed by atoms with van der Waals surface area (Å²) >= 11 is 0. The van der Waals surface area contributed by atoms with E-state index in [9.17, 15) is 0 Å². The summed E-state index contributed by atoms with van der Waals surface area (Å²) in [6.07, 6.45) is 0. The molecule has 0 saturated carbocycles. The molecule has 0 amide bonds. The molecule has 268 valence electrons.